The summed E-state index contributed by atoms with van der Waals surface area (Å²) in [4.78, 5) is 22.1. The second kappa shape index (κ2) is 7.58. The molecule has 0 aliphatic carbocycles. The van der Waals surface area contributed by atoms with Crippen LogP contribution in [0.2, 0.25) is 0 Å². The van der Waals surface area contributed by atoms with Gasteiger partial charge in [-0.15, -0.1) is 0 Å². The van der Waals surface area contributed by atoms with E-state index in [0.29, 0.717) is 19.4 Å². The third-order valence-corrected chi connectivity index (χ3v) is 5.14. The van der Waals surface area contributed by atoms with Crippen LogP contribution in [0.1, 0.15) is 32.6 Å². The first kappa shape index (κ1) is 16.9. The van der Waals surface area contributed by atoms with E-state index >= 15 is 0 Å². The number of rotatable bonds is 7. The topological polar surface area (TPSA) is 101 Å². The molecule has 1 atom stereocenters. The molecule has 116 valence electrons. The van der Waals surface area contributed by atoms with Crippen LogP contribution < -0.4 is 0 Å². The van der Waals surface area contributed by atoms with Gasteiger partial charge < -0.3 is 9.84 Å². The van der Waals surface area contributed by atoms with Gasteiger partial charge in [0, 0.05) is 19.5 Å². The van der Waals surface area contributed by atoms with Crippen LogP contribution in [0, 0.1) is 5.92 Å². The Morgan fingerprint density at radius 1 is 1.40 bits per heavy atom. The molecule has 0 aromatic rings. The fraction of sp³-hybridized carbons (Fsp3) is 0.833. The number of carboxylic acids is 1. The Bertz CT molecular complexity index is 447. The number of sulfonamides is 1. The van der Waals surface area contributed by atoms with Crippen molar-refractivity contribution in [1.29, 1.82) is 0 Å². The number of carbonyl (C=O) groups is 2. The fourth-order valence-electron chi connectivity index (χ4n) is 2.16. The summed E-state index contributed by atoms with van der Waals surface area (Å²) in [7, 11) is -3.50. The van der Waals surface area contributed by atoms with E-state index in [2.05, 4.69) is 0 Å². The largest absolute Gasteiger partial charge is 0.481 e. The molecule has 1 rings (SSSR count). The first-order chi connectivity index (χ1) is 9.36. The maximum absolute atomic E-state index is 12.1. The molecule has 1 saturated heterocycles. The Labute approximate surface area is 118 Å². The molecule has 0 aromatic heterocycles. The predicted molar refractivity (Wildman–Crippen MR) is 71.6 cm³/mol. The van der Waals surface area contributed by atoms with E-state index in [-0.39, 0.29) is 31.7 Å². The molecular weight excluding hydrogens is 286 g/mol. The van der Waals surface area contributed by atoms with E-state index < -0.39 is 27.9 Å². The number of hydrogen-bond acceptors (Lipinski definition) is 5. The van der Waals surface area contributed by atoms with Crippen molar-refractivity contribution in [2.24, 2.45) is 5.92 Å². The molecule has 0 radical (unpaired) electrons. The lowest BCUT2D eigenvalue weighted by Crippen LogP contribution is -2.43. The van der Waals surface area contributed by atoms with Crippen LogP contribution >= 0.6 is 0 Å². The van der Waals surface area contributed by atoms with E-state index in [4.69, 9.17) is 9.84 Å². The number of esters is 1. The molecule has 0 saturated carbocycles. The predicted octanol–water partition coefficient (Wildman–Crippen LogP) is 0.456. The maximum Gasteiger partial charge on any atom is 0.307 e. The standard InChI is InChI=1S/C12H21NO6S/c1-2-19-11(14)6-4-8-20(17,18)13-7-3-5-10(9-13)12(15)16/h10H,2-9H2,1H3,(H,15,16). The van der Waals surface area contributed by atoms with Crippen molar-refractivity contribution < 1.29 is 27.9 Å². The average Bonchev–Trinajstić information content (AvgIpc) is 2.39. The van der Waals surface area contributed by atoms with Gasteiger partial charge in [-0.05, 0) is 26.2 Å². The van der Waals surface area contributed by atoms with Gasteiger partial charge >= 0.3 is 11.9 Å². The van der Waals surface area contributed by atoms with Crippen LogP contribution in [0.4, 0.5) is 0 Å². The first-order valence-corrected chi connectivity index (χ1v) is 8.34. The van der Waals surface area contributed by atoms with E-state index in [1.54, 1.807) is 6.92 Å². The Balaban J connectivity index is 2.47. The summed E-state index contributed by atoms with van der Waals surface area (Å²) in [5.41, 5.74) is 0. The van der Waals surface area contributed by atoms with Crippen molar-refractivity contribution in [2.45, 2.75) is 32.6 Å². The molecule has 20 heavy (non-hydrogen) atoms. The molecule has 1 N–H and O–H groups in total. The Kier molecular flexibility index (Phi) is 6.41. The number of aliphatic carboxylic acids is 1. The van der Waals surface area contributed by atoms with E-state index in [1.165, 1.54) is 4.31 Å². The average molecular weight is 307 g/mol. The molecule has 1 unspecified atom stereocenters. The highest BCUT2D eigenvalue weighted by atomic mass is 32.2. The van der Waals surface area contributed by atoms with Gasteiger partial charge in [-0.25, -0.2) is 12.7 Å². The summed E-state index contributed by atoms with van der Waals surface area (Å²) in [6, 6.07) is 0. The number of nitrogens with zero attached hydrogens (tertiary/aromatic N) is 1. The molecular formula is C12H21NO6S. The van der Waals surface area contributed by atoms with Crippen molar-refractivity contribution in [1.82, 2.24) is 4.31 Å². The zero-order valence-corrected chi connectivity index (χ0v) is 12.4. The second-order valence-electron chi connectivity index (χ2n) is 4.76. The molecule has 0 spiro atoms. The molecule has 0 bridgehead atoms. The number of ether oxygens (including phenoxy) is 1. The second-order valence-corrected chi connectivity index (χ2v) is 6.85. The van der Waals surface area contributed by atoms with Gasteiger partial charge in [-0.2, -0.15) is 0 Å². The lowest BCUT2D eigenvalue weighted by Gasteiger charge is -2.29. The molecule has 1 heterocycles. The quantitative estimate of drug-likeness (QED) is 0.686. The van der Waals surface area contributed by atoms with Crippen molar-refractivity contribution >= 4 is 22.0 Å². The Morgan fingerprint density at radius 2 is 2.10 bits per heavy atom. The molecule has 1 fully saturated rings. The summed E-state index contributed by atoms with van der Waals surface area (Å²) in [5.74, 6) is -2.16. The normalized spacial score (nSPS) is 20.6. The van der Waals surface area contributed by atoms with Crippen molar-refractivity contribution in [3.63, 3.8) is 0 Å². The molecule has 0 aromatic carbocycles. The molecule has 7 nitrogen and oxygen atoms in total. The molecule has 0 amide bonds. The minimum Gasteiger partial charge on any atom is -0.481 e. The van der Waals surface area contributed by atoms with E-state index in [1.807, 2.05) is 0 Å². The van der Waals surface area contributed by atoms with Crippen LogP contribution in [-0.4, -0.2) is 55.2 Å². The number of carbonyl (C=O) groups excluding carboxylic acids is 1. The summed E-state index contributed by atoms with van der Waals surface area (Å²) in [5, 5.41) is 8.95. The van der Waals surface area contributed by atoms with Gasteiger partial charge in [0.1, 0.15) is 0 Å². The maximum atomic E-state index is 12.1. The van der Waals surface area contributed by atoms with Crippen molar-refractivity contribution in [2.75, 3.05) is 25.4 Å². The summed E-state index contributed by atoms with van der Waals surface area (Å²) in [6.45, 7) is 2.34. The minimum absolute atomic E-state index is 0.0249. The van der Waals surface area contributed by atoms with Crippen LogP contribution in [-0.2, 0) is 24.3 Å². The number of piperidine rings is 1. The van der Waals surface area contributed by atoms with E-state index in [0.717, 1.165) is 0 Å². The summed E-state index contributed by atoms with van der Waals surface area (Å²) >= 11 is 0. The smallest absolute Gasteiger partial charge is 0.307 e. The van der Waals surface area contributed by atoms with Gasteiger partial charge in [0.15, 0.2) is 0 Å². The number of carboxylic acid groups (broad SMARTS) is 1. The third kappa shape index (κ3) is 5.09. The molecule has 1 aliphatic rings. The van der Waals surface area contributed by atoms with Crippen LogP contribution in [0.25, 0.3) is 0 Å². The fourth-order valence-corrected chi connectivity index (χ4v) is 3.74. The highest BCUT2D eigenvalue weighted by Gasteiger charge is 2.31. The van der Waals surface area contributed by atoms with Gasteiger partial charge in [-0.1, -0.05) is 0 Å². The molecule has 8 heteroatoms. The summed E-state index contributed by atoms with van der Waals surface area (Å²) < 4.78 is 30.1. The zero-order valence-electron chi connectivity index (χ0n) is 11.6. The Morgan fingerprint density at radius 3 is 2.70 bits per heavy atom. The minimum atomic E-state index is -3.50. The Hall–Kier alpha value is -1.15. The zero-order chi connectivity index (χ0) is 15.2. The van der Waals surface area contributed by atoms with Gasteiger partial charge in [-0.3, -0.25) is 9.59 Å². The monoisotopic (exact) mass is 307 g/mol. The van der Waals surface area contributed by atoms with E-state index in [9.17, 15) is 18.0 Å². The SMILES string of the molecule is CCOC(=O)CCCS(=O)(=O)N1CCCC(C(=O)O)C1. The van der Waals surface area contributed by atoms with Crippen LogP contribution in [0.15, 0.2) is 0 Å². The van der Waals surface area contributed by atoms with Crippen molar-refractivity contribution in [3.8, 4) is 0 Å². The van der Waals surface area contributed by atoms with Crippen LogP contribution in [0.5, 0.6) is 0 Å². The first-order valence-electron chi connectivity index (χ1n) is 6.73. The summed E-state index contributed by atoms with van der Waals surface area (Å²) in [6.07, 6.45) is 1.30. The van der Waals surface area contributed by atoms with Crippen molar-refractivity contribution in [3.05, 3.63) is 0 Å². The third-order valence-electron chi connectivity index (χ3n) is 3.22. The highest BCUT2D eigenvalue weighted by molar-refractivity contribution is 7.89. The van der Waals surface area contributed by atoms with Gasteiger partial charge in [0.25, 0.3) is 0 Å². The van der Waals surface area contributed by atoms with Gasteiger partial charge in [0.2, 0.25) is 10.0 Å². The number of hydrogen-bond donors (Lipinski definition) is 1. The lowest BCUT2D eigenvalue weighted by molar-refractivity contribution is -0.143. The van der Waals surface area contributed by atoms with Gasteiger partial charge in [0.05, 0.1) is 18.3 Å². The molecule has 1 aliphatic heterocycles. The lowest BCUT2D eigenvalue weighted by atomic mass is 10.0. The highest BCUT2D eigenvalue weighted by Crippen LogP contribution is 2.20. The van der Waals surface area contributed by atoms with Crippen LogP contribution in [0.3, 0.4) is 0 Å².